The van der Waals surface area contributed by atoms with Gasteiger partial charge in [-0.1, -0.05) is 23.5 Å². The minimum Gasteiger partial charge on any atom is -0.312 e. The van der Waals surface area contributed by atoms with Crippen LogP contribution in [-0.4, -0.2) is 21.8 Å². The van der Waals surface area contributed by atoms with Gasteiger partial charge in [0.2, 0.25) is 0 Å². The maximum Gasteiger partial charge on any atom is 0.304 e. The lowest BCUT2D eigenvalue weighted by Gasteiger charge is -2.12. The summed E-state index contributed by atoms with van der Waals surface area (Å²) < 4.78 is 55.6. The van der Waals surface area contributed by atoms with E-state index in [2.05, 4.69) is 14.4 Å². The Balaban J connectivity index is 1.76. The molecule has 0 aliphatic heterocycles. The summed E-state index contributed by atoms with van der Waals surface area (Å²) in [5.41, 5.74) is 1.19. The van der Waals surface area contributed by atoms with Crippen molar-refractivity contribution in [2.24, 2.45) is 0 Å². The molecule has 0 radical (unpaired) electrons. The Hall–Kier alpha value is -2.45. The lowest BCUT2D eigenvalue weighted by Crippen LogP contribution is -2.14. The summed E-state index contributed by atoms with van der Waals surface area (Å²) >= 11 is 3.07. The number of nitrogens with one attached hydrogen (secondary N) is 3. The van der Waals surface area contributed by atoms with Crippen LogP contribution in [0.2, 0.25) is 0 Å². The van der Waals surface area contributed by atoms with Crippen molar-refractivity contribution < 1.29 is 16.8 Å². The highest BCUT2D eigenvalue weighted by Crippen LogP contribution is 2.30. The topological polar surface area (TPSA) is 125 Å². The average molecular weight is 500 g/mol. The lowest BCUT2D eigenvalue weighted by molar-refractivity contribution is 0.601. The molecule has 3 aromatic heterocycles. The number of sulfonamides is 2. The third-order valence-electron chi connectivity index (χ3n) is 3.79. The van der Waals surface area contributed by atoms with Crippen molar-refractivity contribution in [1.29, 1.82) is 0 Å². The van der Waals surface area contributed by atoms with Crippen molar-refractivity contribution in [2.75, 3.05) is 9.44 Å². The van der Waals surface area contributed by atoms with Gasteiger partial charge in [0.25, 0.3) is 20.0 Å². The molecule has 3 heterocycles. The molecule has 156 valence electrons. The molecule has 13 heteroatoms. The van der Waals surface area contributed by atoms with E-state index in [9.17, 15) is 21.6 Å². The first-order valence-electron chi connectivity index (χ1n) is 8.19. The number of anilines is 2. The summed E-state index contributed by atoms with van der Waals surface area (Å²) in [5, 5.41) is 4.86. The van der Waals surface area contributed by atoms with Crippen LogP contribution >= 0.6 is 34.0 Å². The Kier molecular flexibility index (Phi) is 5.55. The predicted octanol–water partition coefficient (Wildman–Crippen LogP) is 3.83. The molecule has 0 atom stereocenters. The third-order valence-corrected chi connectivity index (χ3v) is 10.0. The number of benzene rings is 1. The molecular formula is C17H13N3O5S5. The van der Waals surface area contributed by atoms with E-state index in [1.54, 1.807) is 28.3 Å². The van der Waals surface area contributed by atoms with Crippen LogP contribution in [0.3, 0.4) is 0 Å². The van der Waals surface area contributed by atoms with E-state index in [1.165, 1.54) is 30.3 Å². The summed E-state index contributed by atoms with van der Waals surface area (Å²) in [6.07, 6.45) is 0. The third kappa shape index (κ3) is 4.49. The van der Waals surface area contributed by atoms with E-state index in [0.717, 1.165) is 34.0 Å². The van der Waals surface area contributed by atoms with E-state index in [1.807, 2.05) is 0 Å². The van der Waals surface area contributed by atoms with Crippen molar-refractivity contribution in [3.8, 4) is 11.3 Å². The van der Waals surface area contributed by atoms with Gasteiger partial charge in [-0.25, -0.2) is 16.8 Å². The van der Waals surface area contributed by atoms with Crippen molar-refractivity contribution >= 4 is 65.4 Å². The predicted molar refractivity (Wildman–Crippen MR) is 121 cm³/mol. The van der Waals surface area contributed by atoms with Crippen LogP contribution in [0.4, 0.5) is 11.4 Å². The van der Waals surface area contributed by atoms with Gasteiger partial charge in [0.15, 0.2) is 0 Å². The summed E-state index contributed by atoms with van der Waals surface area (Å²) in [4.78, 5) is 13.9. The first kappa shape index (κ1) is 20.8. The summed E-state index contributed by atoms with van der Waals surface area (Å²) in [7, 11) is -7.69. The second kappa shape index (κ2) is 8.00. The number of hydrogen-bond donors (Lipinski definition) is 3. The average Bonchev–Trinajstić information content (AvgIpc) is 3.43. The maximum absolute atomic E-state index is 12.6. The Bertz CT molecular complexity index is 1350. The SMILES string of the molecule is O=c1[nH]c(-c2cc(NS(=O)(=O)c3cccs3)cc(NS(=O)(=O)c3cccs3)c2)cs1. The van der Waals surface area contributed by atoms with Crippen LogP contribution in [-0.2, 0) is 20.0 Å². The van der Waals surface area contributed by atoms with Gasteiger partial charge in [-0.05, 0) is 41.1 Å². The van der Waals surface area contributed by atoms with Crippen LogP contribution in [0.15, 0.2) is 71.8 Å². The monoisotopic (exact) mass is 499 g/mol. The number of hydrogen-bond acceptors (Lipinski definition) is 8. The maximum atomic E-state index is 12.6. The number of rotatable bonds is 7. The van der Waals surface area contributed by atoms with Crippen molar-refractivity contribution in [3.63, 3.8) is 0 Å². The summed E-state index contributed by atoms with van der Waals surface area (Å²) in [6.45, 7) is 0. The summed E-state index contributed by atoms with van der Waals surface area (Å²) in [5.74, 6) is 0. The van der Waals surface area contributed by atoms with Gasteiger partial charge in [-0.3, -0.25) is 14.2 Å². The molecule has 0 saturated carbocycles. The van der Waals surface area contributed by atoms with E-state index in [-0.39, 0.29) is 24.7 Å². The van der Waals surface area contributed by atoms with E-state index in [0.29, 0.717) is 11.3 Å². The molecule has 4 aromatic rings. The minimum atomic E-state index is -3.84. The van der Waals surface area contributed by atoms with Crippen molar-refractivity contribution in [2.45, 2.75) is 8.42 Å². The molecular weight excluding hydrogens is 487 g/mol. The van der Waals surface area contributed by atoms with Gasteiger partial charge in [0.05, 0.1) is 17.1 Å². The Morgan fingerprint density at radius 2 is 1.30 bits per heavy atom. The van der Waals surface area contributed by atoms with Crippen LogP contribution in [0.1, 0.15) is 0 Å². The highest BCUT2D eigenvalue weighted by atomic mass is 32.3. The minimum absolute atomic E-state index is 0.123. The van der Waals surface area contributed by atoms with Crippen molar-refractivity contribution in [3.05, 3.63) is 68.3 Å². The smallest absolute Gasteiger partial charge is 0.304 e. The largest absolute Gasteiger partial charge is 0.312 e. The first-order chi connectivity index (χ1) is 14.2. The zero-order valence-corrected chi connectivity index (χ0v) is 18.9. The molecule has 0 aliphatic carbocycles. The highest BCUT2D eigenvalue weighted by Gasteiger charge is 2.19. The second-order valence-electron chi connectivity index (χ2n) is 5.94. The van der Waals surface area contributed by atoms with E-state index < -0.39 is 20.0 Å². The molecule has 0 saturated heterocycles. The van der Waals surface area contributed by atoms with Gasteiger partial charge in [-0.15, -0.1) is 22.7 Å². The lowest BCUT2D eigenvalue weighted by atomic mass is 10.1. The van der Waals surface area contributed by atoms with Gasteiger partial charge >= 0.3 is 4.87 Å². The Morgan fingerprint density at radius 1 is 0.767 bits per heavy atom. The highest BCUT2D eigenvalue weighted by molar-refractivity contribution is 7.95. The molecule has 4 rings (SSSR count). The van der Waals surface area contributed by atoms with Gasteiger partial charge in [0.1, 0.15) is 8.42 Å². The fourth-order valence-corrected chi connectivity index (χ4v) is 7.22. The zero-order valence-electron chi connectivity index (χ0n) is 14.9. The molecule has 0 unspecified atom stereocenters. The molecule has 3 N–H and O–H groups in total. The number of aromatic nitrogens is 1. The zero-order chi connectivity index (χ0) is 21.4. The van der Waals surface area contributed by atoms with Crippen LogP contribution in [0, 0.1) is 0 Å². The normalized spacial score (nSPS) is 12.0. The molecule has 0 amide bonds. The molecule has 0 aliphatic rings. The van der Waals surface area contributed by atoms with E-state index >= 15 is 0 Å². The first-order valence-corrected chi connectivity index (χ1v) is 13.8. The molecule has 0 fully saturated rings. The summed E-state index contributed by atoms with van der Waals surface area (Å²) in [6, 6.07) is 10.6. The molecule has 0 bridgehead atoms. The van der Waals surface area contributed by atoms with Crippen LogP contribution in [0.25, 0.3) is 11.3 Å². The molecule has 0 spiro atoms. The molecule has 30 heavy (non-hydrogen) atoms. The Labute approximate surface area is 184 Å². The van der Waals surface area contributed by atoms with E-state index in [4.69, 9.17) is 0 Å². The fourth-order valence-electron chi connectivity index (χ4n) is 2.57. The quantitative estimate of drug-likeness (QED) is 0.356. The van der Waals surface area contributed by atoms with Crippen LogP contribution < -0.4 is 14.3 Å². The second-order valence-corrected chi connectivity index (χ2v) is 12.5. The molecule has 8 nitrogen and oxygen atoms in total. The number of thiazole rings is 1. The van der Waals surface area contributed by atoms with Crippen molar-refractivity contribution in [1.82, 2.24) is 4.98 Å². The fraction of sp³-hybridized carbons (Fsp3) is 0. The molecule has 1 aromatic carbocycles. The van der Waals surface area contributed by atoms with Crippen LogP contribution in [0.5, 0.6) is 0 Å². The number of thiophene rings is 2. The van der Waals surface area contributed by atoms with Gasteiger partial charge in [0, 0.05) is 10.9 Å². The van der Waals surface area contributed by atoms with Gasteiger partial charge in [-0.2, -0.15) is 0 Å². The number of H-pyrrole nitrogens is 1. The standard InChI is InChI=1S/C17H13N3O5S5/c21-17-18-14(10-28-17)11-7-12(19-29(22,23)15-3-1-5-26-15)9-13(8-11)20-30(24,25)16-4-2-6-27-16/h1-10,19-20H,(H,18,21). The van der Waals surface area contributed by atoms with Gasteiger partial charge < -0.3 is 4.98 Å². The Morgan fingerprint density at radius 3 is 1.70 bits per heavy atom. The number of aromatic amines is 1.